The van der Waals surface area contributed by atoms with Crippen molar-refractivity contribution in [1.29, 1.82) is 0 Å². The summed E-state index contributed by atoms with van der Waals surface area (Å²) in [6, 6.07) is 17.3. The monoisotopic (exact) mass is 435 g/mol. The predicted octanol–water partition coefficient (Wildman–Crippen LogP) is 4.14. The summed E-state index contributed by atoms with van der Waals surface area (Å²) in [4.78, 5) is 18.4. The molecule has 0 radical (unpaired) electrons. The highest BCUT2D eigenvalue weighted by Crippen LogP contribution is 2.19. The molecule has 0 saturated carbocycles. The van der Waals surface area contributed by atoms with Gasteiger partial charge in [-0.2, -0.15) is 0 Å². The Morgan fingerprint density at radius 3 is 2.44 bits per heavy atom. The normalized spacial score (nSPS) is 12.9. The van der Waals surface area contributed by atoms with Crippen LogP contribution in [0.5, 0.6) is 0 Å². The smallest absolute Gasteiger partial charge is 0.253 e. The Morgan fingerprint density at radius 1 is 1.09 bits per heavy atom. The molecule has 0 aliphatic heterocycles. The second kappa shape index (κ2) is 11.5. The number of aromatic nitrogens is 1. The van der Waals surface area contributed by atoms with Gasteiger partial charge >= 0.3 is 0 Å². The summed E-state index contributed by atoms with van der Waals surface area (Å²) in [6.45, 7) is 3.20. The van der Waals surface area contributed by atoms with Crippen molar-refractivity contribution < 1.29 is 14.3 Å². The molecule has 1 aromatic heterocycles. The fourth-order valence-electron chi connectivity index (χ4n) is 3.65. The topological polar surface area (TPSA) is 65.5 Å². The van der Waals surface area contributed by atoms with Crippen LogP contribution in [-0.4, -0.2) is 40.5 Å². The van der Waals surface area contributed by atoms with Crippen molar-refractivity contribution in [3.63, 3.8) is 0 Å². The van der Waals surface area contributed by atoms with E-state index in [-0.39, 0.29) is 17.8 Å². The zero-order valence-corrected chi connectivity index (χ0v) is 18.5. The Labute approximate surface area is 188 Å². The molecule has 5 nitrogen and oxygen atoms in total. The molecule has 0 bridgehead atoms. The van der Waals surface area contributed by atoms with Gasteiger partial charge in [-0.15, -0.1) is 0 Å². The number of aliphatic hydroxyl groups excluding tert-OH is 1. The highest BCUT2D eigenvalue weighted by atomic mass is 19.1. The van der Waals surface area contributed by atoms with E-state index in [4.69, 9.17) is 0 Å². The van der Waals surface area contributed by atoms with Crippen molar-refractivity contribution in [3.05, 3.63) is 101 Å². The van der Waals surface area contributed by atoms with E-state index in [0.717, 1.165) is 24.0 Å². The molecule has 0 spiro atoms. The van der Waals surface area contributed by atoms with Crippen molar-refractivity contribution in [2.45, 2.75) is 38.5 Å². The first-order chi connectivity index (χ1) is 15.5. The van der Waals surface area contributed by atoms with E-state index in [9.17, 15) is 14.3 Å². The second-order valence-corrected chi connectivity index (χ2v) is 7.93. The third-order valence-electron chi connectivity index (χ3n) is 5.54. The Morgan fingerprint density at radius 2 is 1.81 bits per heavy atom. The molecule has 168 valence electrons. The maximum absolute atomic E-state index is 13.1. The SMILES string of the molecule is CCC(NCCc1ccc(C(=O)N(C)Cc2cccnc2)cc1)C(O)c1ccc(F)cc1. The molecule has 1 amide bonds. The third-order valence-corrected chi connectivity index (χ3v) is 5.54. The Hall–Kier alpha value is -3.09. The van der Waals surface area contributed by atoms with Gasteiger partial charge in [-0.1, -0.05) is 37.3 Å². The van der Waals surface area contributed by atoms with Crippen molar-refractivity contribution >= 4 is 5.91 Å². The number of carbonyl (C=O) groups is 1. The van der Waals surface area contributed by atoms with E-state index in [1.807, 2.05) is 43.3 Å². The minimum absolute atomic E-state index is 0.0352. The standard InChI is InChI=1S/C26H30FN3O2/c1-3-24(25(31)21-10-12-23(27)13-11-21)29-16-14-19-6-8-22(9-7-19)26(32)30(2)18-20-5-4-15-28-17-20/h4-13,15,17,24-25,29,31H,3,14,16,18H2,1-2H3. The van der Waals surface area contributed by atoms with Crippen LogP contribution < -0.4 is 5.32 Å². The van der Waals surface area contributed by atoms with Crippen LogP contribution in [0.25, 0.3) is 0 Å². The number of hydrogen-bond acceptors (Lipinski definition) is 4. The van der Waals surface area contributed by atoms with E-state index in [1.165, 1.54) is 12.1 Å². The summed E-state index contributed by atoms with van der Waals surface area (Å²) in [7, 11) is 1.78. The number of rotatable bonds is 10. The van der Waals surface area contributed by atoms with E-state index in [1.54, 1.807) is 36.5 Å². The summed E-state index contributed by atoms with van der Waals surface area (Å²) < 4.78 is 13.1. The Kier molecular flexibility index (Phi) is 8.48. The number of amides is 1. The van der Waals surface area contributed by atoms with Crippen LogP contribution in [-0.2, 0) is 13.0 Å². The molecule has 2 aromatic carbocycles. The van der Waals surface area contributed by atoms with Crippen LogP contribution in [0.15, 0.2) is 73.1 Å². The number of hydrogen-bond donors (Lipinski definition) is 2. The minimum atomic E-state index is -0.698. The molecule has 0 fully saturated rings. The highest BCUT2D eigenvalue weighted by Gasteiger charge is 2.18. The first kappa shape index (κ1) is 23.6. The minimum Gasteiger partial charge on any atom is -0.387 e. The number of pyridine rings is 1. The maximum Gasteiger partial charge on any atom is 0.253 e. The van der Waals surface area contributed by atoms with Gasteiger partial charge in [0, 0.05) is 37.6 Å². The molecule has 0 saturated heterocycles. The molecule has 1 heterocycles. The predicted molar refractivity (Wildman–Crippen MR) is 124 cm³/mol. The molecule has 32 heavy (non-hydrogen) atoms. The van der Waals surface area contributed by atoms with Crippen LogP contribution in [0, 0.1) is 5.82 Å². The number of nitrogens with zero attached hydrogens (tertiary/aromatic N) is 2. The fourth-order valence-corrected chi connectivity index (χ4v) is 3.65. The summed E-state index contributed by atoms with van der Waals surface area (Å²) in [5.74, 6) is -0.348. The third kappa shape index (κ3) is 6.45. The van der Waals surface area contributed by atoms with Crippen molar-refractivity contribution in [2.75, 3.05) is 13.6 Å². The molecule has 3 aromatic rings. The van der Waals surface area contributed by atoms with E-state index >= 15 is 0 Å². The highest BCUT2D eigenvalue weighted by molar-refractivity contribution is 5.94. The first-order valence-electron chi connectivity index (χ1n) is 10.9. The van der Waals surface area contributed by atoms with Gasteiger partial charge in [0.2, 0.25) is 0 Å². The summed E-state index contributed by atoms with van der Waals surface area (Å²) in [5, 5.41) is 14.0. The molecule has 6 heteroatoms. The Balaban J connectivity index is 1.50. The molecule has 0 aliphatic rings. The zero-order chi connectivity index (χ0) is 22.9. The van der Waals surface area contributed by atoms with Gasteiger partial charge in [0.05, 0.1) is 6.10 Å². The van der Waals surface area contributed by atoms with Crippen LogP contribution >= 0.6 is 0 Å². The van der Waals surface area contributed by atoms with E-state index in [2.05, 4.69) is 10.3 Å². The number of nitrogens with one attached hydrogen (secondary N) is 1. The van der Waals surface area contributed by atoms with Gasteiger partial charge < -0.3 is 15.3 Å². The molecular weight excluding hydrogens is 405 g/mol. The Bertz CT molecular complexity index is 978. The second-order valence-electron chi connectivity index (χ2n) is 7.93. The van der Waals surface area contributed by atoms with E-state index in [0.29, 0.717) is 24.2 Å². The summed E-state index contributed by atoms with van der Waals surface area (Å²) >= 11 is 0. The largest absolute Gasteiger partial charge is 0.387 e. The van der Waals surface area contributed by atoms with Gasteiger partial charge in [0.1, 0.15) is 5.82 Å². The lowest BCUT2D eigenvalue weighted by Gasteiger charge is -2.23. The average Bonchev–Trinajstić information content (AvgIpc) is 2.82. The average molecular weight is 436 g/mol. The van der Waals surface area contributed by atoms with Crippen LogP contribution in [0.2, 0.25) is 0 Å². The van der Waals surface area contributed by atoms with Gasteiger partial charge in [-0.25, -0.2) is 4.39 Å². The quantitative estimate of drug-likeness (QED) is 0.502. The number of halogens is 1. The number of aliphatic hydroxyl groups is 1. The van der Waals surface area contributed by atoms with Crippen molar-refractivity contribution in [3.8, 4) is 0 Å². The van der Waals surface area contributed by atoms with Crippen LogP contribution in [0.4, 0.5) is 4.39 Å². The summed E-state index contributed by atoms with van der Waals surface area (Å²) in [5.41, 5.74) is 3.43. The number of carbonyl (C=O) groups excluding carboxylic acids is 1. The molecule has 0 aliphatic carbocycles. The van der Waals surface area contributed by atoms with Gasteiger partial charge in [-0.3, -0.25) is 9.78 Å². The molecule has 2 atom stereocenters. The van der Waals surface area contributed by atoms with Crippen molar-refractivity contribution in [2.24, 2.45) is 0 Å². The zero-order valence-electron chi connectivity index (χ0n) is 18.5. The van der Waals surface area contributed by atoms with Gasteiger partial charge in [-0.05, 0) is 66.4 Å². The number of benzene rings is 2. The first-order valence-corrected chi connectivity index (χ1v) is 10.9. The van der Waals surface area contributed by atoms with Gasteiger partial charge in [0.15, 0.2) is 0 Å². The fraction of sp³-hybridized carbons (Fsp3) is 0.308. The van der Waals surface area contributed by atoms with Crippen LogP contribution in [0.1, 0.15) is 46.5 Å². The molecule has 2 N–H and O–H groups in total. The van der Waals surface area contributed by atoms with Crippen molar-refractivity contribution in [1.82, 2.24) is 15.2 Å². The molecular formula is C26H30FN3O2. The lowest BCUT2D eigenvalue weighted by Crippen LogP contribution is -2.35. The molecule has 2 unspecified atom stereocenters. The van der Waals surface area contributed by atoms with Gasteiger partial charge in [0.25, 0.3) is 5.91 Å². The molecule has 3 rings (SSSR count). The van der Waals surface area contributed by atoms with Crippen LogP contribution in [0.3, 0.4) is 0 Å². The summed E-state index contributed by atoms with van der Waals surface area (Å²) in [6.07, 6.45) is 4.29. The lowest BCUT2D eigenvalue weighted by molar-refractivity contribution is 0.0785. The maximum atomic E-state index is 13.1. The lowest BCUT2D eigenvalue weighted by atomic mass is 10.00. The van der Waals surface area contributed by atoms with E-state index < -0.39 is 6.10 Å².